The first kappa shape index (κ1) is 21.9. The zero-order chi connectivity index (χ0) is 22.6. The summed E-state index contributed by atoms with van der Waals surface area (Å²) in [5, 5.41) is 0. The van der Waals surface area contributed by atoms with Gasteiger partial charge in [0.05, 0.1) is 5.56 Å². The van der Waals surface area contributed by atoms with Crippen molar-refractivity contribution in [3.63, 3.8) is 0 Å². The molecule has 5 rings (SSSR count). The van der Waals surface area contributed by atoms with E-state index in [0.29, 0.717) is 35.5 Å². The summed E-state index contributed by atoms with van der Waals surface area (Å²) in [5.74, 6) is 2.11. The van der Waals surface area contributed by atoms with E-state index < -0.39 is 0 Å². The van der Waals surface area contributed by atoms with E-state index >= 15 is 0 Å². The zero-order valence-corrected chi connectivity index (χ0v) is 20.0. The van der Waals surface area contributed by atoms with E-state index in [9.17, 15) is 9.59 Å². The summed E-state index contributed by atoms with van der Waals surface area (Å²) in [4.78, 5) is 25.3. The van der Waals surface area contributed by atoms with Crippen LogP contribution in [-0.4, -0.2) is 17.4 Å². The monoisotopic (exact) mass is 434 g/mol. The lowest BCUT2D eigenvalue weighted by Crippen LogP contribution is -2.56. The number of hydrogen-bond acceptors (Lipinski definition) is 3. The van der Waals surface area contributed by atoms with Crippen LogP contribution in [0.3, 0.4) is 0 Å². The predicted molar refractivity (Wildman–Crippen MR) is 126 cm³/mol. The topological polar surface area (TPSA) is 43.4 Å². The Bertz CT molecular complexity index is 933. The van der Waals surface area contributed by atoms with Crippen molar-refractivity contribution < 1.29 is 14.3 Å². The van der Waals surface area contributed by atoms with Gasteiger partial charge in [0.2, 0.25) is 0 Å². The summed E-state index contributed by atoms with van der Waals surface area (Å²) in [6.07, 6.45) is 12.4. The van der Waals surface area contributed by atoms with Crippen LogP contribution in [-0.2, 0) is 9.53 Å². The van der Waals surface area contributed by atoms with Gasteiger partial charge < -0.3 is 4.74 Å². The molecule has 0 saturated heterocycles. The molecule has 0 spiro atoms. The van der Waals surface area contributed by atoms with E-state index in [2.05, 4.69) is 20.8 Å². The molecule has 32 heavy (non-hydrogen) atoms. The van der Waals surface area contributed by atoms with Crippen LogP contribution < -0.4 is 0 Å². The molecule has 0 aromatic heterocycles. The van der Waals surface area contributed by atoms with Crippen LogP contribution in [0.4, 0.5) is 0 Å². The van der Waals surface area contributed by atoms with Gasteiger partial charge in [0.15, 0.2) is 5.78 Å². The van der Waals surface area contributed by atoms with Crippen LogP contribution in [0.2, 0.25) is 0 Å². The molecule has 4 aliphatic carbocycles. The molecule has 0 heterocycles. The maximum absolute atomic E-state index is 13.2. The van der Waals surface area contributed by atoms with Crippen LogP contribution in [0.5, 0.6) is 0 Å². The molecule has 3 fully saturated rings. The Morgan fingerprint density at radius 1 is 1.00 bits per heavy atom. The minimum absolute atomic E-state index is 0.0384. The molecule has 3 heteroatoms. The maximum atomic E-state index is 13.2. The number of rotatable bonds is 4. The maximum Gasteiger partial charge on any atom is 0.338 e. The fraction of sp³-hybridized carbons (Fsp3) is 0.655. The number of carbonyl (C=O) groups is 2. The first-order valence-corrected chi connectivity index (χ1v) is 12.9. The summed E-state index contributed by atoms with van der Waals surface area (Å²) >= 11 is 0. The number of ether oxygens (including phenoxy) is 1. The molecule has 172 valence electrons. The second kappa shape index (κ2) is 7.85. The fourth-order valence-electron chi connectivity index (χ4n) is 8.50. The SMILES string of the molecule is CCC[C@]1(OC(=O)c2ccccc2)CC[C@H]2[C@@H]3CCC4=CC(=O)CC[C@]4(C)[C@H]3CC[C@@]21C. The Kier molecular flexibility index (Phi) is 5.38. The van der Waals surface area contributed by atoms with E-state index in [0.717, 1.165) is 44.9 Å². The van der Waals surface area contributed by atoms with Gasteiger partial charge in [-0.1, -0.05) is 51.0 Å². The third kappa shape index (κ3) is 3.14. The standard InChI is InChI=1S/C29H38O3/c1-4-15-29(32-26(31)20-8-6-5-7-9-20)18-14-25-23-11-10-21-19-22(30)12-16-27(21,2)24(23)13-17-28(25,29)3/h5-9,19,23-25H,4,10-18H2,1-3H3/t23-,24+,25+,27+,28+,29+/m1/s1. The Labute approximate surface area is 193 Å². The Balaban J connectivity index is 1.45. The normalized spacial score (nSPS) is 40.7. The summed E-state index contributed by atoms with van der Waals surface area (Å²) in [5.41, 5.74) is 1.96. The van der Waals surface area contributed by atoms with Gasteiger partial charge in [-0.15, -0.1) is 0 Å². The van der Waals surface area contributed by atoms with Crippen LogP contribution in [0, 0.1) is 28.6 Å². The number of fused-ring (bicyclic) bond motifs is 5. The van der Waals surface area contributed by atoms with Gasteiger partial charge in [0.1, 0.15) is 5.60 Å². The lowest BCUT2D eigenvalue weighted by Gasteiger charge is -2.59. The van der Waals surface area contributed by atoms with Gasteiger partial charge in [-0.05, 0) is 92.7 Å². The smallest absolute Gasteiger partial charge is 0.338 e. The van der Waals surface area contributed by atoms with Crippen LogP contribution in [0.25, 0.3) is 0 Å². The number of ketones is 1. The van der Waals surface area contributed by atoms with Crippen molar-refractivity contribution in [2.24, 2.45) is 28.6 Å². The Hall–Kier alpha value is -1.90. The number of esters is 1. The quantitative estimate of drug-likeness (QED) is 0.483. The van der Waals surface area contributed by atoms with E-state index in [-0.39, 0.29) is 22.4 Å². The third-order valence-corrected chi connectivity index (χ3v) is 10.2. The molecule has 0 unspecified atom stereocenters. The second-order valence-electron chi connectivity index (χ2n) is 11.5. The minimum atomic E-state index is -0.357. The predicted octanol–water partition coefficient (Wildman–Crippen LogP) is 6.91. The van der Waals surface area contributed by atoms with Crippen LogP contribution >= 0.6 is 0 Å². The van der Waals surface area contributed by atoms with E-state index in [1.54, 1.807) is 0 Å². The molecule has 0 amide bonds. The highest BCUT2D eigenvalue weighted by Gasteiger charge is 2.65. The van der Waals surface area contributed by atoms with Crippen LogP contribution in [0.1, 0.15) is 95.3 Å². The van der Waals surface area contributed by atoms with Crippen LogP contribution in [0.15, 0.2) is 42.0 Å². The summed E-state index contributed by atoms with van der Waals surface area (Å²) in [7, 11) is 0. The molecule has 0 bridgehead atoms. The molecule has 0 radical (unpaired) electrons. The molecule has 0 N–H and O–H groups in total. The second-order valence-corrected chi connectivity index (χ2v) is 11.5. The molecule has 3 nitrogen and oxygen atoms in total. The third-order valence-electron chi connectivity index (χ3n) is 10.2. The molecule has 4 aliphatic rings. The van der Waals surface area contributed by atoms with Crippen molar-refractivity contribution in [1.29, 1.82) is 0 Å². The van der Waals surface area contributed by atoms with Crippen molar-refractivity contribution >= 4 is 11.8 Å². The Morgan fingerprint density at radius 2 is 1.75 bits per heavy atom. The molecule has 1 aromatic carbocycles. The molecular formula is C29H38O3. The van der Waals surface area contributed by atoms with Gasteiger partial charge in [0, 0.05) is 11.8 Å². The van der Waals surface area contributed by atoms with E-state index in [1.165, 1.54) is 18.4 Å². The largest absolute Gasteiger partial charge is 0.455 e. The van der Waals surface area contributed by atoms with Crippen molar-refractivity contribution in [3.05, 3.63) is 47.5 Å². The average molecular weight is 435 g/mol. The highest BCUT2D eigenvalue weighted by Crippen LogP contribution is 2.69. The summed E-state index contributed by atoms with van der Waals surface area (Å²) in [6, 6.07) is 9.51. The number of benzene rings is 1. The fourth-order valence-corrected chi connectivity index (χ4v) is 8.50. The highest BCUT2D eigenvalue weighted by molar-refractivity contribution is 5.91. The summed E-state index contributed by atoms with van der Waals surface area (Å²) < 4.78 is 6.53. The number of carbonyl (C=O) groups excluding carboxylic acids is 2. The molecule has 0 aliphatic heterocycles. The van der Waals surface area contributed by atoms with Crippen molar-refractivity contribution in [2.45, 2.75) is 90.6 Å². The van der Waals surface area contributed by atoms with Crippen molar-refractivity contribution in [2.75, 3.05) is 0 Å². The minimum Gasteiger partial charge on any atom is -0.455 e. The molecule has 1 aromatic rings. The lowest BCUT2D eigenvalue weighted by atomic mass is 9.46. The molecular weight excluding hydrogens is 396 g/mol. The van der Waals surface area contributed by atoms with E-state index in [1.807, 2.05) is 36.4 Å². The summed E-state index contributed by atoms with van der Waals surface area (Å²) in [6.45, 7) is 7.10. The van der Waals surface area contributed by atoms with Gasteiger partial charge in [-0.25, -0.2) is 4.79 Å². The molecule has 3 saturated carbocycles. The van der Waals surface area contributed by atoms with E-state index in [4.69, 9.17) is 4.74 Å². The molecule has 6 atom stereocenters. The number of hydrogen-bond donors (Lipinski definition) is 0. The average Bonchev–Trinajstić information content (AvgIpc) is 3.07. The van der Waals surface area contributed by atoms with Gasteiger partial charge >= 0.3 is 5.97 Å². The zero-order valence-electron chi connectivity index (χ0n) is 20.0. The van der Waals surface area contributed by atoms with Crippen molar-refractivity contribution in [3.8, 4) is 0 Å². The first-order valence-electron chi connectivity index (χ1n) is 12.9. The van der Waals surface area contributed by atoms with Gasteiger partial charge in [-0.2, -0.15) is 0 Å². The highest BCUT2D eigenvalue weighted by atomic mass is 16.6. The van der Waals surface area contributed by atoms with Crippen molar-refractivity contribution in [1.82, 2.24) is 0 Å². The number of allylic oxidation sites excluding steroid dienone is 1. The van der Waals surface area contributed by atoms with Gasteiger partial charge in [0.25, 0.3) is 0 Å². The lowest BCUT2D eigenvalue weighted by molar-refractivity contribution is -0.137. The van der Waals surface area contributed by atoms with Gasteiger partial charge in [-0.3, -0.25) is 4.79 Å². The first-order chi connectivity index (χ1) is 15.3. The Morgan fingerprint density at radius 3 is 2.50 bits per heavy atom.